The predicted octanol–water partition coefficient (Wildman–Crippen LogP) is 2.91. The molecule has 0 bridgehead atoms. The molecule has 0 unspecified atom stereocenters. The Bertz CT molecular complexity index is 621. The van der Waals surface area contributed by atoms with E-state index in [1.54, 1.807) is 21.3 Å². The van der Waals surface area contributed by atoms with Crippen molar-refractivity contribution in [2.24, 2.45) is 4.99 Å². The van der Waals surface area contributed by atoms with E-state index in [1.165, 1.54) is 0 Å². The first-order valence-electron chi connectivity index (χ1n) is 9.40. The number of benzene rings is 1. The van der Waals surface area contributed by atoms with Crippen molar-refractivity contribution in [1.82, 2.24) is 10.2 Å². The van der Waals surface area contributed by atoms with Crippen molar-refractivity contribution in [2.75, 3.05) is 54.7 Å². The quantitative estimate of drug-likeness (QED) is 0.332. The van der Waals surface area contributed by atoms with Crippen LogP contribution in [-0.2, 0) is 16.0 Å². The van der Waals surface area contributed by atoms with E-state index in [0.29, 0.717) is 13.1 Å². The molecule has 1 aromatic carbocycles. The van der Waals surface area contributed by atoms with E-state index in [1.807, 2.05) is 25.2 Å². The summed E-state index contributed by atoms with van der Waals surface area (Å²) in [6.07, 6.45) is 1.73. The molecule has 1 N–H and O–H groups in total. The molecule has 0 atom stereocenters. The molecule has 1 aliphatic heterocycles. The van der Waals surface area contributed by atoms with E-state index in [9.17, 15) is 0 Å². The molecule has 0 aliphatic carbocycles. The second-order valence-corrected chi connectivity index (χ2v) is 6.70. The maximum Gasteiger partial charge on any atom is 0.194 e. The van der Waals surface area contributed by atoms with E-state index in [2.05, 4.69) is 17.1 Å². The van der Waals surface area contributed by atoms with E-state index in [-0.39, 0.29) is 29.6 Å². The van der Waals surface area contributed by atoms with Crippen LogP contribution in [0.15, 0.2) is 23.2 Å². The number of rotatable bonds is 8. The highest BCUT2D eigenvalue weighted by molar-refractivity contribution is 14.0. The zero-order chi connectivity index (χ0) is 19.7. The fourth-order valence-corrected chi connectivity index (χ4v) is 3.17. The molecule has 0 saturated carbocycles. The van der Waals surface area contributed by atoms with Gasteiger partial charge in [0.1, 0.15) is 11.5 Å². The Kier molecular flexibility index (Phi) is 10.9. The molecule has 0 amide bonds. The molecule has 1 saturated heterocycles. The minimum Gasteiger partial charge on any atom is -0.497 e. The van der Waals surface area contributed by atoms with Crippen LogP contribution in [0.25, 0.3) is 0 Å². The van der Waals surface area contributed by atoms with E-state index in [0.717, 1.165) is 55.6 Å². The van der Waals surface area contributed by atoms with Crippen LogP contribution in [0.2, 0.25) is 0 Å². The number of nitrogens with one attached hydrogen (secondary N) is 1. The monoisotopic (exact) mass is 507 g/mol. The molecule has 0 aromatic heterocycles. The van der Waals surface area contributed by atoms with E-state index < -0.39 is 0 Å². The van der Waals surface area contributed by atoms with Crippen molar-refractivity contribution in [3.63, 3.8) is 0 Å². The van der Waals surface area contributed by atoms with Gasteiger partial charge in [0.15, 0.2) is 5.96 Å². The third-order valence-corrected chi connectivity index (χ3v) is 4.95. The predicted molar refractivity (Wildman–Crippen MR) is 122 cm³/mol. The standard InChI is InChI=1S/C20H33N3O4.HI/c1-6-21-19(22-15-20(26-5)9-11-27-12-10-20)23(2)14-16-7-8-17(24-3)13-18(16)25-4;/h7-8,13H,6,9-12,14-15H2,1-5H3,(H,21,22);1H. The summed E-state index contributed by atoms with van der Waals surface area (Å²) in [4.78, 5) is 6.94. The lowest BCUT2D eigenvalue weighted by molar-refractivity contribution is -0.0829. The lowest BCUT2D eigenvalue weighted by Crippen LogP contribution is -2.44. The van der Waals surface area contributed by atoms with Crippen molar-refractivity contribution < 1.29 is 18.9 Å². The Hall–Kier alpha value is -1.26. The van der Waals surface area contributed by atoms with Crippen LogP contribution in [0.3, 0.4) is 0 Å². The number of methoxy groups -OCH3 is 3. The van der Waals surface area contributed by atoms with Crippen LogP contribution in [0, 0.1) is 0 Å². The zero-order valence-corrected chi connectivity index (χ0v) is 19.9. The normalized spacial score (nSPS) is 16.1. The van der Waals surface area contributed by atoms with Gasteiger partial charge in [0.2, 0.25) is 0 Å². The van der Waals surface area contributed by atoms with Crippen molar-refractivity contribution in [3.05, 3.63) is 23.8 Å². The first-order valence-corrected chi connectivity index (χ1v) is 9.40. The van der Waals surface area contributed by atoms with Crippen LogP contribution < -0.4 is 14.8 Å². The SMILES string of the molecule is CCNC(=NCC1(OC)CCOCC1)N(C)Cc1ccc(OC)cc1OC.I. The summed E-state index contributed by atoms with van der Waals surface area (Å²) in [6, 6.07) is 5.86. The number of guanidine groups is 1. The Morgan fingerprint density at radius 2 is 1.93 bits per heavy atom. The second kappa shape index (κ2) is 12.3. The molecule has 1 aromatic rings. The van der Waals surface area contributed by atoms with Crippen LogP contribution in [0.1, 0.15) is 25.3 Å². The number of ether oxygens (including phenoxy) is 4. The number of aliphatic imine (C=N–C) groups is 1. The van der Waals surface area contributed by atoms with Gasteiger partial charge in [0, 0.05) is 64.9 Å². The third-order valence-electron chi connectivity index (χ3n) is 4.95. The van der Waals surface area contributed by atoms with Gasteiger partial charge in [-0.05, 0) is 19.1 Å². The van der Waals surface area contributed by atoms with Crippen molar-refractivity contribution >= 4 is 29.9 Å². The average Bonchev–Trinajstić information content (AvgIpc) is 2.71. The highest BCUT2D eigenvalue weighted by atomic mass is 127. The molecule has 28 heavy (non-hydrogen) atoms. The Balaban J connectivity index is 0.00000392. The Morgan fingerprint density at radius 1 is 1.21 bits per heavy atom. The highest BCUT2D eigenvalue weighted by Gasteiger charge is 2.32. The third kappa shape index (κ3) is 6.66. The summed E-state index contributed by atoms with van der Waals surface area (Å²) in [5.74, 6) is 2.42. The fourth-order valence-electron chi connectivity index (χ4n) is 3.17. The number of hydrogen-bond donors (Lipinski definition) is 1. The highest BCUT2D eigenvalue weighted by Crippen LogP contribution is 2.26. The van der Waals surface area contributed by atoms with E-state index in [4.69, 9.17) is 23.9 Å². The zero-order valence-electron chi connectivity index (χ0n) is 17.6. The van der Waals surface area contributed by atoms with Gasteiger partial charge in [-0.2, -0.15) is 0 Å². The molecule has 0 radical (unpaired) electrons. The van der Waals surface area contributed by atoms with Crippen LogP contribution in [0.4, 0.5) is 0 Å². The van der Waals surface area contributed by atoms with Gasteiger partial charge in [0.25, 0.3) is 0 Å². The van der Waals surface area contributed by atoms with E-state index >= 15 is 0 Å². The van der Waals surface area contributed by atoms with Crippen molar-refractivity contribution in [2.45, 2.75) is 31.9 Å². The first-order chi connectivity index (χ1) is 13.1. The van der Waals surface area contributed by atoms with Crippen LogP contribution in [-0.4, -0.2) is 71.1 Å². The summed E-state index contributed by atoms with van der Waals surface area (Å²) in [5.41, 5.74) is 0.830. The smallest absolute Gasteiger partial charge is 0.194 e. The maximum atomic E-state index is 5.80. The summed E-state index contributed by atoms with van der Waals surface area (Å²) in [6.45, 7) is 5.59. The molecular formula is C20H34IN3O4. The van der Waals surface area contributed by atoms with Gasteiger partial charge >= 0.3 is 0 Å². The Morgan fingerprint density at radius 3 is 2.50 bits per heavy atom. The van der Waals surface area contributed by atoms with Crippen molar-refractivity contribution in [1.29, 1.82) is 0 Å². The molecule has 8 heteroatoms. The summed E-state index contributed by atoms with van der Waals surface area (Å²) in [7, 11) is 7.11. The average molecular weight is 507 g/mol. The number of nitrogens with zero attached hydrogens (tertiary/aromatic N) is 2. The lowest BCUT2D eigenvalue weighted by atomic mass is 9.94. The van der Waals surface area contributed by atoms with Gasteiger partial charge in [-0.15, -0.1) is 24.0 Å². The van der Waals surface area contributed by atoms with Crippen LogP contribution in [0.5, 0.6) is 11.5 Å². The second-order valence-electron chi connectivity index (χ2n) is 6.70. The molecular weight excluding hydrogens is 473 g/mol. The summed E-state index contributed by atoms with van der Waals surface area (Å²) >= 11 is 0. The minimum atomic E-state index is -0.239. The molecule has 0 spiro atoms. The lowest BCUT2D eigenvalue weighted by Gasteiger charge is -2.35. The molecule has 7 nitrogen and oxygen atoms in total. The van der Waals surface area contributed by atoms with Gasteiger partial charge < -0.3 is 29.2 Å². The molecule has 1 aliphatic rings. The van der Waals surface area contributed by atoms with Gasteiger partial charge in [-0.3, -0.25) is 4.99 Å². The minimum absolute atomic E-state index is 0. The topological polar surface area (TPSA) is 64.6 Å². The maximum absolute atomic E-state index is 5.80. The van der Waals surface area contributed by atoms with Crippen molar-refractivity contribution in [3.8, 4) is 11.5 Å². The van der Waals surface area contributed by atoms with Gasteiger partial charge in [-0.1, -0.05) is 0 Å². The largest absolute Gasteiger partial charge is 0.497 e. The summed E-state index contributed by atoms with van der Waals surface area (Å²) < 4.78 is 22.1. The Labute approximate surface area is 185 Å². The van der Waals surface area contributed by atoms with Gasteiger partial charge in [0.05, 0.1) is 26.4 Å². The number of halogens is 1. The molecule has 2 rings (SSSR count). The fraction of sp³-hybridized carbons (Fsp3) is 0.650. The number of hydrogen-bond acceptors (Lipinski definition) is 5. The molecule has 1 fully saturated rings. The first kappa shape index (κ1) is 24.8. The molecule has 160 valence electrons. The molecule has 1 heterocycles. The van der Waals surface area contributed by atoms with Crippen LogP contribution >= 0.6 is 24.0 Å². The summed E-state index contributed by atoms with van der Waals surface area (Å²) in [5, 5.41) is 3.37. The van der Waals surface area contributed by atoms with Gasteiger partial charge in [-0.25, -0.2) is 0 Å².